The minimum absolute atomic E-state index is 0.0820. The highest BCUT2D eigenvalue weighted by molar-refractivity contribution is 9.10. The first-order chi connectivity index (χ1) is 9.69. The van der Waals surface area contributed by atoms with Crippen molar-refractivity contribution < 1.29 is 5.11 Å². The third-order valence-corrected chi connectivity index (χ3v) is 5.52. The lowest BCUT2D eigenvalue weighted by Gasteiger charge is -2.21. The average Bonchev–Trinajstić information content (AvgIpc) is 3.00. The standard InChI is InChI=1S/C16H23BrN2O/c1-2-18-8-11-3-5-13(7-15(11)17)19-9-12-4-6-16(20)14(12)10-19/h3,5,7,12,14,16,18,20H,2,4,6,8-10H2,1H3. The molecule has 1 saturated heterocycles. The van der Waals surface area contributed by atoms with E-state index in [0.29, 0.717) is 11.8 Å². The summed E-state index contributed by atoms with van der Waals surface area (Å²) in [5, 5.41) is 13.4. The number of rotatable bonds is 4. The van der Waals surface area contributed by atoms with Crippen molar-refractivity contribution in [3.8, 4) is 0 Å². The van der Waals surface area contributed by atoms with Crippen molar-refractivity contribution in [2.24, 2.45) is 11.8 Å². The molecular formula is C16H23BrN2O. The molecular weight excluding hydrogens is 316 g/mol. The molecule has 0 radical (unpaired) electrons. The molecule has 1 aliphatic heterocycles. The van der Waals surface area contributed by atoms with Gasteiger partial charge in [0.05, 0.1) is 6.10 Å². The number of hydrogen-bond acceptors (Lipinski definition) is 3. The molecule has 1 aliphatic carbocycles. The van der Waals surface area contributed by atoms with Gasteiger partial charge in [-0.05, 0) is 43.0 Å². The second-order valence-electron chi connectivity index (χ2n) is 6.03. The van der Waals surface area contributed by atoms with E-state index < -0.39 is 0 Å². The van der Waals surface area contributed by atoms with Gasteiger partial charge in [0.25, 0.3) is 0 Å². The molecule has 2 fully saturated rings. The minimum Gasteiger partial charge on any atom is -0.393 e. The molecule has 2 aliphatic rings. The molecule has 110 valence electrons. The summed E-state index contributed by atoms with van der Waals surface area (Å²) in [6.07, 6.45) is 2.10. The predicted molar refractivity (Wildman–Crippen MR) is 86.0 cm³/mol. The monoisotopic (exact) mass is 338 g/mol. The second-order valence-corrected chi connectivity index (χ2v) is 6.88. The van der Waals surface area contributed by atoms with Crippen molar-refractivity contribution in [2.45, 2.75) is 32.4 Å². The van der Waals surface area contributed by atoms with Gasteiger partial charge in [-0.15, -0.1) is 0 Å². The van der Waals surface area contributed by atoms with E-state index in [1.54, 1.807) is 0 Å². The highest BCUT2D eigenvalue weighted by Crippen LogP contribution is 2.40. The van der Waals surface area contributed by atoms with E-state index in [0.717, 1.165) is 32.6 Å². The van der Waals surface area contributed by atoms with Crippen LogP contribution in [0.2, 0.25) is 0 Å². The zero-order valence-corrected chi connectivity index (χ0v) is 13.6. The Morgan fingerprint density at radius 3 is 2.90 bits per heavy atom. The molecule has 0 amide bonds. The maximum Gasteiger partial charge on any atom is 0.0588 e. The lowest BCUT2D eigenvalue weighted by Crippen LogP contribution is -2.24. The van der Waals surface area contributed by atoms with E-state index in [-0.39, 0.29) is 6.10 Å². The van der Waals surface area contributed by atoms with Gasteiger partial charge in [0.2, 0.25) is 0 Å². The van der Waals surface area contributed by atoms with E-state index in [4.69, 9.17) is 0 Å². The molecule has 20 heavy (non-hydrogen) atoms. The summed E-state index contributed by atoms with van der Waals surface area (Å²) in [6.45, 7) is 6.12. The Balaban J connectivity index is 1.71. The number of benzene rings is 1. The minimum atomic E-state index is -0.0820. The highest BCUT2D eigenvalue weighted by atomic mass is 79.9. The van der Waals surface area contributed by atoms with Crippen LogP contribution in [0, 0.1) is 11.8 Å². The molecule has 0 aromatic heterocycles. The zero-order chi connectivity index (χ0) is 14.1. The number of halogens is 1. The number of aliphatic hydroxyl groups excluding tert-OH is 1. The Morgan fingerprint density at radius 2 is 2.20 bits per heavy atom. The van der Waals surface area contributed by atoms with Crippen LogP contribution in [0.4, 0.5) is 5.69 Å². The molecule has 0 spiro atoms. The lowest BCUT2D eigenvalue weighted by atomic mass is 10.00. The third kappa shape index (κ3) is 2.74. The van der Waals surface area contributed by atoms with Crippen molar-refractivity contribution in [3.05, 3.63) is 28.2 Å². The Bertz CT molecular complexity index is 480. The number of fused-ring (bicyclic) bond motifs is 1. The van der Waals surface area contributed by atoms with Crippen LogP contribution in [0.25, 0.3) is 0 Å². The number of hydrogen-bond donors (Lipinski definition) is 2. The fraction of sp³-hybridized carbons (Fsp3) is 0.625. The van der Waals surface area contributed by atoms with Gasteiger partial charge in [-0.1, -0.05) is 28.9 Å². The van der Waals surface area contributed by atoms with Crippen LogP contribution in [0.5, 0.6) is 0 Å². The van der Waals surface area contributed by atoms with Crippen LogP contribution in [0.15, 0.2) is 22.7 Å². The van der Waals surface area contributed by atoms with Crippen LogP contribution in [0.3, 0.4) is 0 Å². The van der Waals surface area contributed by atoms with Gasteiger partial charge >= 0.3 is 0 Å². The molecule has 1 aromatic carbocycles. The molecule has 0 bridgehead atoms. The first kappa shape index (κ1) is 14.4. The fourth-order valence-electron chi connectivity index (χ4n) is 3.58. The number of aliphatic hydroxyl groups is 1. The summed E-state index contributed by atoms with van der Waals surface area (Å²) in [4.78, 5) is 2.43. The van der Waals surface area contributed by atoms with Gasteiger partial charge in [-0.25, -0.2) is 0 Å². The average molecular weight is 339 g/mol. The first-order valence-corrected chi connectivity index (χ1v) is 8.40. The quantitative estimate of drug-likeness (QED) is 0.886. The predicted octanol–water partition coefficient (Wildman–Crippen LogP) is 2.77. The van der Waals surface area contributed by atoms with Gasteiger partial charge in [0, 0.05) is 35.7 Å². The summed E-state index contributed by atoms with van der Waals surface area (Å²) < 4.78 is 1.17. The second kappa shape index (κ2) is 6.04. The Morgan fingerprint density at radius 1 is 1.35 bits per heavy atom. The van der Waals surface area contributed by atoms with E-state index in [9.17, 15) is 5.11 Å². The van der Waals surface area contributed by atoms with E-state index >= 15 is 0 Å². The molecule has 3 atom stereocenters. The Hall–Kier alpha value is -0.580. The van der Waals surface area contributed by atoms with E-state index in [2.05, 4.69) is 51.3 Å². The molecule has 2 N–H and O–H groups in total. The van der Waals surface area contributed by atoms with Crippen LogP contribution in [-0.2, 0) is 6.54 Å². The molecule has 1 saturated carbocycles. The summed E-state index contributed by atoms with van der Waals surface area (Å²) in [6, 6.07) is 6.64. The molecule has 3 unspecified atom stereocenters. The smallest absolute Gasteiger partial charge is 0.0588 e. The number of anilines is 1. The van der Waals surface area contributed by atoms with Gasteiger partial charge in [-0.2, -0.15) is 0 Å². The van der Waals surface area contributed by atoms with Crippen molar-refractivity contribution in [3.63, 3.8) is 0 Å². The third-order valence-electron chi connectivity index (χ3n) is 4.79. The van der Waals surface area contributed by atoms with E-state index in [1.165, 1.54) is 22.1 Å². The Labute approximate surface area is 129 Å². The molecule has 1 aromatic rings. The molecule has 1 heterocycles. The number of nitrogens with zero attached hydrogens (tertiary/aromatic N) is 1. The van der Waals surface area contributed by atoms with E-state index in [1.807, 2.05) is 0 Å². The van der Waals surface area contributed by atoms with Crippen LogP contribution < -0.4 is 10.2 Å². The van der Waals surface area contributed by atoms with Crippen molar-refractivity contribution in [1.82, 2.24) is 5.32 Å². The summed E-state index contributed by atoms with van der Waals surface area (Å²) in [7, 11) is 0. The van der Waals surface area contributed by atoms with Gasteiger partial charge < -0.3 is 15.3 Å². The van der Waals surface area contributed by atoms with Gasteiger partial charge in [-0.3, -0.25) is 0 Å². The SMILES string of the molecule is CCNCc1ccc(N2CC3CCC(O)C3C2)cc1Br. The van der Waals surface area contributed by atoms with Crippen LogP contribution >= 0.6 is 15.9 Å². The van der Waals surface area contributed by atoms with Crippen LogP contribution in [-0.4, -0.2) is 30.8 Å². The summed E-state index contributed by atoms with van der Waals surface area (Å²) in [5.74, 6) is 1.17. The highest BCUT2D eigenvalue weighted by Gasteiger charge is 2.41. The zero-order valence-electron chi connectivity index (χ0n) is 12.0. The fourth-order valence-corrected chi connectivity index (χ4v) is 4.09. The Kier molecular flexibility index (Phi) is 4.34. The molecule has 3 rings (SSSR count). The molecule has 4 heteroatoms. The van der Waals surface area contributed by atoms with Crippen molar-refractivity contribution >= 4 is 21.6 Å². The summed E-state index contributed by atoms with van der Waals surface area (Å²) >= 11 is 3.68. The largest absolute Gasteiger partial charge is 0.393 e. The molecule has 3 nitrogen and oxygen atoms in total. The van der Waals surface area contributed by atoms with Gasteiger partial charge in [0.1, 0.15) is 0 Å². The summed E-state index contributed by atoms with van der Waals surface area (Å²) in [5.41, 5.74) is 2.58. The van der Waals surface area contributed by atoms with Crippen molar-refractivity contribution in [1.29, 1.82) is 0 Å². The van der Waals surface area contributed by atoms with Gasteiger partial charge in [0.15, 0.2) is 0 Å². The normalized spacial score (nSPS) is 28.9. The topological polar surface area (TPSA) is 35.5 Å². The maximum absolute atomic E-state index is 10.0. The maximum atomic E-state index is 10.0. The first-order valence-electron chi connectivity index (χ1n) is 7.61. The number of nitrogens with one attached hydrogen (secondary N) is 1. The van der Waals surface area contributed by atoms with Crippen LogP contribution in [0.1, 0.15) is 25.3 Å². The lowest BCUT2D eigenvalue weighted by molar-refractivity contribution is 0.133. The van der Waals surface area contributed by atoms with Crippen molar-refractivity contribution in [2.75, 3.05) is 24.5 Å².